The number of aryl methyl sites for hydroxylation is 1. The molecule has 0 fully saturated rings. The molecule has 0 saturated heterocycles. The van der Waals surface area contributed by atoms with Crippen LogP contribution in [0.3, 0.4) is 0 Å². The molecule has 0 radical (unpaired) electrons. The van der Waals surface area contributed by atoms with Crippen molar-refractivity contribution in [1.29, 1.82) is 5.26 Å². The number of fused-ring (bicyclic) bond motifs is 2. The summed E-state index contributed by atoms with van der Waals surface area (Å²) in [5.41, 5.74) is 2.11. The topological polar surface area (TPSA) is 80.3 Å². The van der Waals surface area contributed by atoms with Crippen molar-refractivity contribution in [3.8, 4) is 17.7 Å². The van der Waals surface area contributed by atoms with Crippen LogP contribution in [0.1, 0.15) is 16.1 Å². The highest BCUT2D eigenvalue weighted by molar-refractivity contribution is 7.19. The zero-order valence-electron chi connectivity index (χ0n) is 17.3. The van der Waals surface area contributed by atoms with Crippen LogP contribution in [0.25, 0.3) is 27.5 Å². The van der Waals surface area contributed by atoms with Crippen molar-refractivity contribution < 1.29 is 4.74 Å². The molecule has 0 bridgehead atoms. The minimum atomic E-state index is -0.352. The smallest absolute Gasteiger partial charge is 0.269 e. The maximum atomic E-state index is 13.4. The Morgan fingerprint density at radius 1 is 1.15 bits per heavy atom. The van der Waals surface area contributed by atoms with Gasteiger partial charge in [0.1, 0.15) is 28.0 Å². The first-order chi connectivity index (χ1) is 16.0. The first-order valence-electron chi connectivity index (χ1n) is 9.96. The molecule has 0 aliphatic carbocycles. The Bertz CT molecular complexity index is 1630. The van der Waals surface area contributed by atoms with Crippen LogP contribution in [-0.2, 0) is 0 Å². The molecule has 3 aromatic heterocycles. The Morgan fingerprint density at radius 2 is 1.97 bits per heavy atom. The molecule has 160 valence electrons. The predicted octanol–water partition coefficient (Wildman–Crippen LogP) is 6.12. The van der Waals surface area contributed by atoms with E-state index >= 15 is 0 Å². The van der Waals surface area contributed by atoms with E-state index in [1.165, 1.54) is 21.8 Å². The third-order valence-corrected chi connectivity index (χ3v) is 6.51. The highest BCUT2D eigenvalue weighted by atomic mass is 35.5. The number of thiazole rings is 1. The van der Waals surface area contributed by atoms with Gasteiger partial charge in [-0.2, -0.15) is 10.2 Å². The van der Waals surface area contributed by atoms with Crippen LogP contribution in [0.4, 0.5) is 0 Å². The molecule has 0 N–H and O–H groups in total. The highest BCUT2D eigenvalue weighted by Gasteiger charge is 2.17. The summed E-state index contributed by atoms with van der Waals surface area (Å²) in [7, 11) is 0. The van der Waals surface area contributed by atoms with Crippen molar-refractivity contribution in [1.82, 2.24) is 14.4 Å². The number of hydrogen-bond acceptors (Lipinski definition) is 6. The van der Waals surface area contributed by atoms with E-state index in [0.29, 0.717) is 21.4 Å². The summed E-state index contributed by atoms with van der Waals surface area (Å²) in [6.07, 6.45) is 3.12. The average molecular weight is 471 g/mol. The summed E-state index contributed by atoms with van der Waals surface area (Å²) >= 11 is 7.52. The molecule has 8 heteroatoms. The van der Waals surface area contributed by atoms with E-state index < -0.39 is 0 Å². The van der Waals surface area contributed by atoms with E-state index in [-0.39, 0.29) is 22.6 Å². The number of nitriles is 1. The molecule has 0 unspecified atom stereocenters. The molecule has 0 atom stereocenters. The van der Waals surface area contributed by atoms with Gasteiger partial charge in [0, 0.05) is 11.2 Å². The summed E-state index contributed by atoms with van der Waals surface area (Å²) < 4.78 is 8.39. The number of halogens is 1. The van der Waals surface area contributed by atoms with Crippen LogP contribution in [0.5, 0.6) is 11.6 Å². The van der Waals surface area contributed by atoms with Gasteiger partial charge in [-0.25, -0.2) is 4.98 Å². The summed E-state index contributed by atoms with van der Waals surface area (Å²) in [5.74, 6) is 0.582. The Kier molecular flexibility index (Phi) is 5.38. The van der Waals surface area contributed by atoms with Gasteiger partial charge in [0.2, 0.25) is 5.88 Å². The summed E-state index contributed by atoms with van der Waals surface area (Å²) in [5, 5.41) is 11.0. The van der Waals surface area contributed by atoms with Crippen LogP contribution in [-0.4, -0.2) is 14.4 Å². The van der Waals surface area contributed by atoms with Crippen molar-refractivity contribution in [2.75, 3.05) is 0 Å². The monoisotopic (exact) mass is 470 g/mol. The molecule has 5 aromatic rings. The normalized spacial score (nSPS) is 11.6. The van der Waals surface area contributed by atoms with E-state index in [4.69, 9.17) is 16.3 Å². The maximum Gasteiger partial charge on any atom is 0.269 e. The number of para-hydroxylation sites is 1. The summed E-state index contributed by atoms with van der Waals surface area (Å²) in [4.78, 5) is 22.5. The Hall–Kier alpha value is -3.99. The van der Waals surface area contributed by atoms with Crippen LogP contribution in [0.2, 0.25) is 5.02 Å². The first-order valence-corrected chi connectivity index (χ1v) is 11.2. The maximum absolute atomic E-state index is 13.4. The molecule has 0 aliphatic rings. The molecule has 5 rings (SSSR count). The van der Waals surface area contributed by atoms with Crippen molar-refractivity contribution in [3.63, 3.8) is 0 Å². The molecular formula is C25H15ClN4O2S. The van der Waals surface area contributed by atoms with Gasteiger partial charge in [0.15, 0.2) is 0 Å². The number of hydrogen-bond donors (Lipinski definition) is 0. The SMILES string of the molecule is Cc1cc(Oc2nc3ccccn3c(=O)c2/C=C(\C#N)c2nc3ccccc3s2)ccc1Cl. The van der Waals surface area contributed by atoms with Crippen molar-refractivity contribution in [3.05, 3.63) is 98.4 Å². The second-order valence-corrected chi connectivity index (χ2v) is 8.67. The summed E-state index contributed by atoms with van der Waals surface area (Å²) in [6.45, 7) is 1.86. The average Bonchev–Trinajstić information content (AvgIpc) is 3.25. The van der Waals surface area contributed by atoms with Crippen LogP contribution < -0.4 is 10.3 Å². The van der Waals surface area contributed by atoms with Gasteiger partial charge >= 0.3 is 0 Å². The Morgan fingerprint density at radius 3 is 2.76 bits per heavy atom. The number of nitrogens with zero attached hydrogens (tertiary/aromatic N) is 4. The van der Waals surface area contributed by atoms with Gasteiger partial charge in [0.25, 0.3) is 5.56 Å². The lowest BCUT2D eigenvalue weighted by Crippen LogP contribution is -2.18. The number of ether oxygens (including phenoxy) is 1. The van der Waals surface area contributed by atoms with E-state index in [1.54, 1.807) is 42.6 Å². The highest BCUT2D eigenvalue weighted by Crippen LogP contribution is 2.31. The number of benzene rings is 2. The standard InChI is InChI=1S/C25H15ClN4O2S/c1-15-12-17(9-10-19(15)26)32-23-18(25(31)30-11-5-4-8-22(30)29-23)13-16(14-27)24-28-20-6-2-3-7-21(20)33-24/h2-13H,1H3/b16-13+. The van der Waals surface area contributed by atoms with Crippen LogP contribution in [0.15, 0.2) is 71.7 Å². The number of allylic oxidation sites excluding steroid dienone is 1. The zero-order chi connectivity index (χ0) is 22.9. The predicted molar refractivity (Wildman–Crippen MR) is 131 cm³/mol. The van der Waals surface area contributed by atoms with Gasteiger partial charge in [-0.05, 0) is 61.0 Å². The van der Waals surface area contributed by atoms with Gasteiger partial charge in [-0.1, -0.05) is 29.8 Å². The minimum absolute atomic E-state index is 0.0989. The third kappa shape index (κ3) is 3.98. The van der Waals surface area contributed by atoms with Gasteiger partial charge < -0.3 is 4.74 Å². The fourth-order valence-corrected chi connectivity index (χ4v) is 4.40. The number of aromatic nitrogens is 3. The summed E-state index contributed by atoms with van der Waals surface area (Å²) in [6, 6.07) is 20.2. The van der Waals surface area contributed by atoms with E-state index in [0.717, 1.165) is 15.8 Å². The Balaban J connectivity index is 1.70. The molecular weight excluding hydrogens is 456 g/mol. The fourth-order valence-electron chi connectivity index (χ4n) is 3.35. The van der Waals surface area contributed by atoms with Crippen LogP contribution in [0, 0.1) is 18.3 Å². The second kappa shape index (κ2) is 8.51. The number of rotatable bonds is 4. The van der Waals surface area contributed by atoms with Crippen molar-refractivity contribution in [2.24, 2.45) is 0 Å². The van der Waals surface area contributed by atoms with E-state index in [9.17, 15) is 10.1 Å². The molecule has 2 aromatic carbocycles. The number of pyridine rings is 1. The van der Waals surface area contributed by atoms with Crippen molar-refractivity contribution in [2.45, 2.75) is 6.92 Å². The fraction of sp³-hybridized carbons (Fsp3) is 0.0400. The lowest BCUT2D eigenvalue weighted by Gasteiger charge is -2.11. The van der Waals surface area contributed by atoms with E-state index in [1.807, 2.05) is 31.2 Å². The molecule has 0 amide bonds. The Labute approximate surface area is 197 Å². The third-order valence-electron chi connectivity index (χ3n) is 5.01. The molecule has 3 heterocycles. The molecule has 0 aliphatic heterocycles. The van der Waals surface area contributed by atoms with Crippen molar-refractivity contribution >= 4 is 50.5 Å². The lowest BCUT2D eigenvalue weighted by molar-refractivity contribution is 0.460. The van der Waals surface area contributed by atoms with Gasteiger partial charge in [0.05, 0.1) is 15.8 Å². The largest absolute Gasteiger partial charge is 0.438 e. The molecule has 0 spiro atoms. The minimum Gasteiger partial charge on any atom is -0.438 e. The first kappa shape index (κ1) is 20.9. The second-order valence-electron chi connectivity index (χ2n) is 7.23. The van der Waals surface area contributed by atoms with Crippen LogP contribution >= 0.6 is 22.9 Å². The lowest BCUT2D eigenvalue weighted by atomic mass is 10.2. The molecule has 0 saturated carbocycles. The molecule has 6 nitrogen and oxygen atoms in total. The quantitative estimate of drug-likeness (QED) is 0.295. The molecule has 33 heavy (non-hydrogen) atoms. The van der Waals surface area contributed by atoms with E-state index in [2.05, 4.69) is 16.0 Å². The zero-order valence-corrected chi connectivity index (χ0v) is 18.9. The van der Waals surface area contributed by atoms with Gasteiger partial charge in [-0.3, -0.25) is 9.20 Å². The van der Waals surface area contributed by atoms with Gasteiger partial charge in [-0.15, -0.1) is 11.3 Å².